The standard InChI is InChI=1S/C12H20N2O/c13-11-5-12(15)14(7-11)6-10-4-8-1-2-9(10)3-8/h8-11H,1-7,13H2. The quantitative estimate of drug-likeness (QED) is 0.735. The van der Waals surface area contributed by atoms with Crippen LogP contribution in [0.25, 0.3) is 0 Å². The van der Waals surface area contributed by atoms with E-state index < -0.39 is 0 Å². The zero-order chi connectivity index (χ0) is 10.4. The Kier molecular flexibility index (Phi) is 2.23. The van der Waals surface area contributed by atoms with Gasteiger partial charge in [-0.1, -0.05) is 6.42 Å². The van der Waals surface area contributed by atoms with Gasteiger partial charge in [0, 0.05) is 25.6 Å². The van der Waals surface area contributed by atoms with E-state index in [1.807, 2.05) is 4.90 Å². The second-order valence-corrected chi connectivity index (χ2v) is 5.70. The van der Waals surface area contributed by atoms with Crippen molar-refractivity contribution in [1.29, 1.82) is 0 Å². The Bertz CT molecular complexity index is 279. The van der Waals surface area contributed by atoms with Gasteiger partial charge in [-0.15, -0.1) is 0 Å². The van der Waals surface area contributed by atoms with E-state index in [0.717, 1.165) is 30.8 Å². The van der Waals surface area contributed by atoms with E-state index in [0.29, 0.717) is 6.42 Å². The summed E-state index contributed by atoms with van der Waals surface area (Å²) in [6.07, 6.45) is 6.21. The third-order valence-electron chi connectivity index (χ3n) is 4.58. The first-order chi connectivity index (χ1) is 7.22. The van der Waals surface area contributed by atoms with Gasteiger partial charge in [-0.25, -0.2) is 0 Å². The molecule has 1 heterocycles. The summed E-state index contributed by atoms with van der Waals surface area (Å²) in [7, 11) is 0. The van der Waals surface area contributed by atoms with Crippen molar-refractivity contribution in [3.05, 3.63) is 0 Å². The summed E-state index contributed by atoms with van der Waals surface area (Å²) < 4.78 is 0. The van der Waals surface area contributed by atoms with Gasteiger partial charge in [-0.2, -0.15) is 0 Å². The molecule has 1 saturated heterocycles. The van der Waals surface area contributed by atoms with E-state index in [9.17, 15) is 4.79 Å². The normalized spacial score (nSPS) is 44.3. The van der Waals surface area contributed by atoms with Gasteiger partial charge in [-0.3, -0.25) is 4.79 Å². The van der Waals surface area contributed by atoms with E-state index in [4.69, 9.17) is 5.73 Å². The molecule has 4 atom stereocenters. The van der Waals surface area contributed by atoms with Crippen molar-refractivity contribution in [2.24, 2.45) is 23.5 Å². The lowest BCUT2D eigenvalue weighted by molar-refractivity contribution is -0.128. The number of hydrogen-bond acceptors (Lipinski definition) is 2. The third-order valence-corrected chi connectivity index (χ3v) is 4.58. The third kappa shape index (κ3) is 1.67. The van der Waals surface area contributed by atoms with Gasteiger partial charge in [0.05, 0.1) is 0 Å². The Morgan fingerprint density at radius 3 is 2.73 bits per heavy atom. The lowest BCUT2D eigenvalue weighted by Gasteiger charge is -2.27. The number of likely N-dealkylation sites (tertiary alicyclic amines) is 1. The summed E-state index contributed by atoms with van der Waals surface area (Å²) in [4.78, 5) is 13.6. The lowest BCUT2D eigenvalue weighted by Crippen LogP contribution is -2.34. The van der Waals surface area contributed by atoms with E-state index in [1.165, 1.54) is 25.7 Å². The summed E-state index contributed by atoms with van der Waals surface area (Å²) in [6.45, 7) is 1.79. The minimum absolute atomic E-state index is 0.0936. The Morgan fingerprint density at radius 2 is 2.20 bits per heavy atom. The highest BCUT2D eigenvalue weighted by atomic mass is 16.2. The molecular formula is C12H20N2O. The van der Waals surface area contributed by atoms with Crippen LogP contribution in [-0.2, 0) is 4.79 Å². The molecule has 4 unspecified atom stereocenters. The first-order valence-electron chi connectivity index (χ1n) is 6.25. The van der Waals surface area contributed by atoms with Crippen molar-refractivity contribution in [1.82, 2.24) is 4.90 Å². The second-order valence-electron chi connectivity index (χ2n) is 5.70. The largest absolute Gasteiger partial charge is 0.341 e. The molecule has 0 radical (unpaired) electrons. The highest BCUT2D eigenvalue weighted by molar-refractivity contribution is 5.79. The number of amides is 1. The number of nitrogens with zero attached hydrogens (tertiary/aromatic N) is 1. The maximum Gasteiger partial charge on any atom is 0.224 e. The van der Waals surface area contributed by atoms with Crippen molar-refractivity contribution < 1.29 is 4.79 Å². The van der Waals surface area contributed by atoms with Crippen LogP contribution in [-0.4, -0.2) is 29.9 Å². The SMILES string of the molecule is NC1CC(=O)N(CC2CC3CCC2C3)C1. The molecule has 0 aromatic rings. The Balaban J connectivity index is 1.59. The maximum atomic E-state index is 11.6. The number of hydrogen-bond donors (Lipinski definition) is 1. The van der Waals surface area contributed by atoms with Crippen LogP contribution in [0, 0.1) is 17.8 Å². The fourth-order valence-electron chi connectivity index (χ4n) is 3.86. The molecule has 0 spiro atoms. The Hall–Kier alpha value is -0.570. The van der Waals surface area contributed by atoms with Gasteiger partial charge in [-0.05, 0) is 37.0 Å². The molecule has 3 rings (SSSR count). The van der Waals surface area contributed by atoms with Crippen LogP contribution in [0.2, 0.25) is 0 Å². The van der Waals surface area contributed by atoms with E-state index in [1.54, 1.807) is 0 Å². The van der Waals surface area contributed by atoms with Gasteiger partial charge >= 0.3 is 0 Å². The van der Waals surface area contributed by atoms with Gasteiger partial charge in [0.1, 0.15) is 0 Å². The first kappa shape index (κ1) is 9.64. The van der Waals surface area contributed by atoms with Crippen molar-refractivity contribution in [2.45, 2.75) is 38.1 Å². The summed E-state index contributed by atoms with van der Waals surface area (Å²) >= 11 is 0. The molecule has 1 amide bonds. The van der Waals surface area contributed by atoms with E-state index in [-0.39, 0.29) is 11.9 Å². The zero-order valence-electron chi connectivity index (χ0n) is 9.19. The minimum atomic E-state index is 0.0936. The molecule has 15 heavy (non-hydrogen) atoms. The fraction of sp³-hybridized carbons (Fsp3) is 0.917. The smallest absolute Gasteiger partial charge is 0.224 e. The van der Waals surface area contributed by atoms with Crippen molar-refractivity contribution >= 4 is 5.91 Å². The van der Waals surface area contributed by atoms with Crippen LogP contribution in [0.3, 0.4) is 0 Å². The molecule has 2 bridgehead atoms. The molecule has 0 aromatic carbocycles. The molecule has 2 saturated carbocycles. The number of carbonyl (C=O) groups excluding carboxylic acids is 1. The maximum absolute atomic E-state index is 11.6. The Labute approximate surface area is 91.0 Å². The average molecular weight is 208 g/mol. The number of nitrogens with two attached hydrogens (primary N) is 1. The van der Waals surface area contributed by atoms with Crippen LogP contribution in [0.4, 0.5) is 0 Å². The predicted molar refractivity (Wildman–Crippen MR) is 58.1 cm³/mol. The van der Waals surface area contributed by atoms with Crippen molar-refractivity contribution in [2.75, 3.05) is 13.1 Å². The van der Waals surface area contributed by atoms with Gasteiger partial charge in [0.2, 0.25) is 5.91 Å². The van der Waals surface area contributed by atoms with Crippen LogP contribution >= 0.6 is 0 Å². The molecule has 3 nitrogen and oxygen atoms in total. The molecule has 3 fully saturated rings. The summed E-state index contributed by atoms with van der Waals surface area (Å²) in [5, 5.41) is 0. The topological polar surface area (TPSA) is 46.3 Å². The second kappa shape index (κ2) is 3.48. The fourth-order valence-corrected chi connectivity index (χ4v) is 3.86. The number of rotatable bonds is 2. The number of carbonyl (C=O) groups is 1. The molecule has 0 aromatic heterocycles. The first-order valence-corrected chi connectivity index (χ1v) is 6.25. The van der Waals surface area contributed by atoms with Crippen LogP contribution in [0.15, 0.2) is 0 Å². The molecule has 3 aliphatic rings. The van der Waals surface area contributed by atoms with E-state index in [2.05, 4.69) is 0 Å². The summed E-state index contributed by atoms with van der Waals surface area (Å²) in [6, 6.07) is 0.0936. The molecule has 3 heteroatoms. The molecule has 2 aliphatic carbocycles. The van der Waals surface area contributed by atoms with Gasteiger partial charge in [0.15, 0.2) is 0 Å². The highest BCUT2D eigenvalue weighted by Gasteiger charge is 2.41. The van der Waals surface area contributed by atoms with Crippen LogP contribution < -0.4 is 5.73 Å². The zero-order valence-corrected chi connectivity index (χ0v) is 9.19. The lowest BCUT2D eigenvalue weighted by atomic mass is 9.88. The molecule has 84 valence electrons. The predicted octanol–water partition coefficient (Wildman–Crippen LogP) is 0.982. The van der Waals surface area contributed by atoms with E-state index >= 15 is 0 Å². The van der Waals surface area contributed by atoms with Crippen molar-refractivity contribution in [3.63, 3.8) is 0 Å². The van der Waals surface area contributed by atoms with Crippen molar-refractivity contribution in [3.8, 4) is 0 Å². The number of fused-ring (bicyclic) bond motifs is 2. The molecular weight excluding hydrogens is 188 g/mol. The summed E-state index contributed by atoms with van der Waals surface area (Å²) in [5.74, 6) is 2.97. The van der Waals surface area contributed by atoms with Crippen LogP contribution in [0.1, 0.15) is 32.1 Å². The Morgan fingerprint density at radius 1 is 1.33 bits per heavy atom. The minimum Gasteiger partial charge on any atom is -0.341 e. The average Bonchev–Trinajstić information content (AvgIpc) is 2.83. The van der Waals surface area contributed by atoms with Gasteiger partial charge in [0.25, 0.3) is 0 Å². The molecule has 1 aliphatic heterocycles. The van der Waals surface area contributed by atoms with Crippen LogP contribution in [0.5, 0.6) is 0 Å². The highest BCUT2D eigenvalue weighted by Crippen LogP contribution is 2.48. The summed E-state index contributed by atoms with van der Waals surface area (Å²) in [5.41, 5.74) is 5.80. The van der Waals surface area contributed by atoms with Gasteiger partial charge < -0.3 is 10.6 Å². The monoisotopic (exact) mass is 208 g/mol. The molecule has 2 N–H and O–H groups in total.